The fourth-order valence-corrected chi connectivity index (χ4v) is 3.21. The van der Waals surface area contributed by atoms with Crippen LogP contribution in [0.15, 0.2) is 88.3 Å². The maximum atomic E-state index is 12.5. The Labute approximate surface area is 148 Å². The second kappa shape index (κ2) is 5.67. The zero-order valence-electron chi connectivity index (χ0n) is 13.7. The van der Waals surface area contributed by atoms with Crippen LogP contribution in [0.1, 0.15) is 0 Å². The van der Waals surface area contributed by atoms with E-state index in [0.717, 1.165) is 22.2 Å². The maximum absolute atomic E-state index is 12.5. The van der Waals surface area contributed by atoms with Crippen LogP contribution >= 0.6 is 0 Å². The Morgan fingerprint density at radius 1 is 0.808 bits per heavy atom. The summed E-state index contributed by atoms with van der Waals surface area (Å²) >= 11 is 0. The lowest BCUT2D eigenvalue weighted by Crippen LogP contribution is -2.01. The first kappa shape index (κ1) is 14.6. The summed E-state index contributed by atoms with van der Waals surface area (Å²) in [4.78, 5) is 16.6. The van der Waals surface area contributed by atoms with Crippen molar-refractivity contribution < 1.29 is 4.42 Å². The van der Waals surface area contributed by atoms with Crippen LogP contribution in [-0.2, 0) is 0 Å². The van der Waals surface area contributed by atoms with Gasteiger partial charge in [0.15, 0.2) is 5.58 Å². The monoisotopic (exact) mass is 339 g/mol. The fourth-order valence-electron chi connectivity index (χ4n) is 3.21. The summed E-state index contributed by atoms with van der Waals surface area (Å²) in [7, 11) is 0. The molecule has 3 heterocycles. The van der Waals surface area contributed by atoms with Gasteiger partial charge in [-0.3, -0.25) is 4.98 Å². The SMILES string of the molecule is O=c1oc2c(-c3ccncc3)nn(-c3ccccc3)c2c2ccccc12. The molecule has 0 bridgehead atoms. The molecular formula is C21H13N3O2. The molecular weight excluding hydrogens is 326 g/mol. The molecule has 26 heavy (non-hydrogen) atoms. The number of hydrogen-bond donors (Lipinski definition) is 0. The molecule has 0 N–H and O–H groups in total. The molecule has 0 fully saturated rings. The molecule has 3 aromatic heterocycles. The quantitative estimate of drug-likeness (QED) is 0.484. The molecule has 0 aliphatic heterocycles. The van der Waals surface area contributed by atoms with Gasteiger partial charge in [0.05, 0.1) is 11.1 Å². The molecule has 0 radical (unpaired) electrons. The lowest BCUT2D eigenvalue weighted by Gasteiger charge is -2.04. The standard InChI is InChI=1S/C21H13N3O2/c25-21-17-9-5-4-8-16(17)19-20(26-21)18(14-10-12-22-13-11-14)23-24(19)15-6-2-1-3-7-15/h1-13H. The van der Waals surface area contributed by atoms with E-state index in [0.29, 0.717) is 16.7 Å². The summed E-state index contributed by atoms with van der Waals surface area (Å²) < 4.78 is 7.53. The highest BCUT2D eigenvalue weighted by Crippen LogP contribution is 2.32. The van der Waals surface area contributed by atoms with Crippen LogP contribution < -0.4 is 5.63 Å². The van der Waals surface area contributed by atoms with E-state index in [2.05, 4.69) is 4.98 Å². The predicted octanol–water partition coefficient (Wildman–Crippen LogP) is 4.19. The zero-order valence-corrected chi connectivity index (χ0v) is 13.7. The minimum absolute atomic E-state index is 0.365. The van der Waals surface area contributed by atoms with Gasteiger partial charge in [-0.25, -0.2) is 9.48 Å². The Kier molecular flexibility index (Phi) is 3.18. The number of rotatable bonds is 2. The molecule has 5 heteroatoms. The number of hydrogen-bond acceptors (Lipinski definition) is 4. The number of benzene rings is 2. The van der Waals surface area contributed by atoms with Gasteiger partial charge < -0.3 is 4.42 Å². The van der Waals surface area contributed by atoms with Crippen LogP contribution in [0, 0.1) is 0 Å². The lowest BCUT2D eigenvalue weighted by atomic mass is 10.1. The van der Waals surface area contributed by atoms with Crippen molar-refractivity contribution in [3.05, 3.63) is 89.5 Å². The Morgan fingerprint density at radius 2 is 1.50 bits per heavy atom. The van der Waals surface area contributed by atoms with E-state index in [1.165, 1.54) is 0 Å². The molecule has 5 aromatic rings. The lowest BCUT2D eigenvalue weighted by molar-refractivity contribution is 0.570. The largest absolute Gasteiger partial charge is 0.418 e. The van der Waals surface area contributed by atoms with Crippen molar-refractivity contribution in [3.63, 3.8) is 0 Å². The van der Waals surface area contributed by atoms with Crippen LogP contribution in [0.25, 0.3) is 38.8 Å². The molecule has 0 aliphatic rings. The fraction of sp³-hybridized carbons (Fsp3) is 0. The van der Waals surface area contributed by atoms with Gasteiger partial charge >= 0.3 is 5.63 Å². The predicted molar refractivity (Wildman–Crippen MR) is 100 cm³/mol. The van der Waals surface area contributed by atoms with Crippen molar-refractivity contribution in [1.82, 2.24) is 14.8 Å². The molecule has 124 valence electrons. The summed E-state index contributed by atoms with van der Waals surface area (Å²) in [6.07, 6.45) is 3.39. The van der Waals surface area contributed by atoms with Gasteiger partial charge in [0, 0.05) is 23.3 Å². The van der Waals surface area contributed by atoms with Crippen molar-refractivity contribution in [2.75, 3.05) is 0 Å². The molecule has 0 spiro atoms. The summed E-state index contributed by atoms with van der Waals surface area (Å²) in [5.41, 5.74) is 3.25. The van der Waals surface area contributed by atoms with Gasteiger partial charge in [0.25, 0.3) is 0 Å². The molecule has 0 amide bonds. The summed E-state index contributed by atoms with van der Waals surface area (Å²) in [6, 6.07) is 21.0. The van der Waals surface area contributed by atoms with Crippen molar-refractivity contribution in [2.24, 2.45) is 0 Å². The molecule has 2 aromatic carbocycles. The number of pyridine rings is 1. The summed E-state index contributed by atoms with van der Waals surface area (Å²) in [6.45, 7) is 0. The maximum Gasteiger partial charge on any atom is 0.344 e. The highest BCUT2D eigenvalue weighted by atomic mass is 16.4. The summed E-state index contributed by atoms with van der Waals surface area (Å²) in [5, 5.41) is 6.13. The number of aromatic nitrogens is 3. The zero-order chi connectivity index (χ0) is 17.5. The van der Waals surface area contributed by atoms with E-state index in [9.17, 15) is 4.79 Å². The smallest absolute Gasteiger partial charge is 0.344 e. The topological polar surface area (TPSA) is 60.9 Å². The highest BCUT2D eigenvalue weighted by Gasteiger charge is 2.20. The Bertz CT molecular complexity index is 1290. The van der Waals surface area contributed by atoms with Crippen LogP contribution in [0.4, 0.5) is 0 Å². The van der Waals surface area contributed by atoms with E-state index >= 15 is 0 Å². The average Bonchev–Trinajstić information content (AvgIpc) is 3.09. The number of nitrogens with zero attached hydrogens (tertiary/aromatic N) is 3. The van der Waals surface area contributed by atoms with Gasteiger partial charge in [-0.2, -0.15) is 5.10 Å². The van der Waals surface area contributed by atoms with Crippen LogP contribution in [0.5, 0.6) is 0 Å². The molecule has 5 nitrogen and oxygen atoms in total. The molecule has 0 saturated carbocycles. The van der Waals surface area contributed by atoms with Crippen molar-refractivity contribution in [3.8, 4) is 16.9 Å². The number of fused-ring (bicyclic) bond motifs is 3. The first-order valence-corrected chi connectivity index (χ1v) is 8.23. The van der Waals surface area contributed by atoms with Crippen LogP contribution in [-0.4, -0.2) is 14.8 Å². The third-order valence-electron chi connectivity index (χ3n) is 4.39. The van der Waals surface area contributed by atoms with Gasteiger partial charge in [-0.1, -0.05) is 36.4 Å². The van der Waals surface area contributed by atoms with E-state index < -0.39 is 0 Å². The van der Waals surface area contributed by atoms with Crippen molar-refractivity contribution >= 4 is 21.9 Å². The minimum Gasteiger partial charge on any atom is -0.418 e. The van der Waals surface area contributed by atoms with Crippen molar-refractivity contribution in [1.29, 1.82) is 0 Å². The van der Waals surface area contributed by atoms with E-state index in [-0.39, 0.29) is 5.63 Å². The molecule has 0 saturated heterocycles. The molecule has 0 atom stereocenters. The second-order valence-electron chi connectivity index (χ2n) is 5.94. The minimum atomic E-state index is -0.365. The van der Waals surface area contributed by atoms with E-state index in [1.54, 1.807) is 18.5 Å². The normalized spacial score (nSPS) is 11.2. The van der Waals surface area contributed by atoms with Crippen LogP contribution in [0.2, 0.25) is 0 Å². The molecule has 0 unspecified atom stereocenters. The Morgan fingerprint density at radius 3 is 2.27 bits per heavy atom. The Balaban J connectivity index is 1.98. The highest BCUT2D eigenvalue weighted by molar-refractivity contribution is 6.06. The molecule has 0 aliphatic carbocycles. The van der Waals surface area contributed by atoms with Gasteiger partial charge in [0.1, 0.15) is 11.2 Å². The van der Waals surface area contributed by atoms with E-state index in [1.807, 2.05) is 65.3 Å². The van der Waals surface area contributed by atoms with Gasteiger partial charge in [-0.15, -0.1) is 0 Å². The first-order valence-electron chi connectivity index (χ1n) is 8.23. The average molecular weight is 339 g/mol. The van der Waals surface area contributed by atoms with E-state index in [4.69, 9.17) is 9.52 Å². The van der Waals surface area contributed by atoms with Gasteiger partial charge in [0.2, 0.25) is 0 Å². The third-order valence-corrected chi connectivity index (χ3v) is 4.39. The first-order chi connectivity index (χ1) is 12.8. The molecule has 5 rings (SSSR count). The Hall–Kier alpha value is -3.73. The second-order valence-corrected chi connectivity index (χ2v) is 5.94. The third kappa shape index (κ3) is 2.14. The van der Waals surface area contributed by atoms with Crippen LogP contribution in [0.3, 0.4) is 0 Å². The number of para-hydroxylation sites is 1. The summed E-state index contributed by atoms with van der Waals surface area (Å²) in [5.74, 6) is 0. The van der Waals surface area contributed by atoms with Gasteiger partial charge in [-0.05, 0) is 30.3 Å². The van der Waals surface area contributed by atoms with Crippen molar-refractivity contribution in [2.45, 2.75) is 0 Å².